The van der Waals surface area contributed by atoms with E-state index in [-0.39, 0.29) is 5.75 Å². The van der Waals surface area contributed by atoms with Crippen molar-refractivity contribution in [1.82, 2.24) is 4.90 Å². The highest BCUT2D eigenvalue weighted by Gasteiger charge is 2.22. The summed E-state index contributed by atoms with van der Waals surface area (Å²) in [7, 11) is -5.64. The molecule has 0 spiro atoms. The molecule has 1 saturated heterocycles. The molecule has 0 atom stereocenters. The van der Waals surface area contributed by atoms with Crippen LogP contribution in [0, 0.1) is 0 Å². The molecule has 6 nitrogen and oxygen atoms in total. The SMILES string of the molecule is CCS(=O)(=O)Nc1cccc(CN2CCS(O)(O)CC2)c1. The normalized spacial score (nSPS) is 20.9. The zero-order chi connectivity index (χ0) is 15.5. The monoisotopic (exact) mass is 334 g/mol. The average Bonchev–Trinajstić information content (AvgIpc) is 2.41. The van der Waals surface area contributed by atoms with E-state index in [0.29, 0.717) is 36.8 Å². The molecule has 120 valence electrons. The molecule has 1 aliphatic rings. The third kappa shape index (κ3) is 5.15. The van der Waals surface area contributed by atoms with Crippen LogP contribution in [0.1, 0.15) is 12.5 Å². The molecule has 2 rings (SSSR count). The molecule has 0 bridgehead atoms. The van der Waals surface area contributed by atoms with E-state index in [9.17, 15) is 17.5 Å². The summed E-state index contributed by atoms with van der Waals surface area (Å²) in [4.78, 5) is 2.14. The fraction of sp³-hybridized carbons (Fsp3) is 0.538. The number of nitrogens with zero attached hydrogens (tertiary/aromatic N) is 1. The van der Waals surface area contributed by atoms with Gasteiger partial charge < -0.3 is 0 Å². The lowest BCUT2D eigenvalue weighted by Gasteiger charge is -2.41. The van der Waals surface area contributed by atoms with Crippen LogP contribution in [0.4, 0.5) is 5.69 Å². The van der Waals surface area contributed by atoms with E-state index in [0.717, 1.165) is 5.56 Å². The zero-order valence-corrected chi connectivity index (χ0v) is 13.7. The van der Waals surface area contributed by atoms with Gasteiger partial charge in [-0.3, -0.25) is 18.7 Å². The van der Waals surface area contributed by atoms with Gasteiger partial charge in [-0.05, 0) is 24.6 Å². The van der Waals surface area contributed by atoms with Crippen molar-refractivity contribution >= 4 is 26.3 Å². The summed E-state index contributed by atoms with van der Waals surface area (Å²) >= 11 is 0. The molecule has 0 aliphatic carbocycles. The third-order valence-corrected chi connectivity index (χ3v) is 6.43. The first-order valence-corrected chi connectivity index (χ1v) is 10.4. The molecule has 1 aliphatic heterocycles. The van der Waals surface area contributed by atoms with E-state index in [2.05, 4.69) is 9.62 Å². The van der Waals surface area contributed by atoms with Crippen molar-refractivity contribution in [3.05, 3.63) is 29.8 Å². The number of nitrogens with one attached hydrogen (secondary N) is 1. The molecule has 1 fully saturated rings. The average molecular weight is 334 g/mol. The largest absolute Gasteiger partial charge is 0.299 e. The maximum Gasteiger partial charge on any atom is 0.232 e. The van der Waals surface area contributed by atoms with Gasteiger partial charge in [0.25, 0.3) is 0 Å². The van der Waals surface area contributed by atoms with Crippen LogP contribution in [0.15, 0.2) is 24.3 Å². The van der Waals surface area contributed by atoms with Gasteiger partial charge in [-0.2, -0.15) is 10.6 Å². The lowest BCUT2D eigenvalue weighted by Crippen LogP contribution is -2.37. The summed E-state index contributed by atoms with van der Waals surface area (Å²) in [6.45, 7) is 3.57. The van der Waals surface area contributed by atoms with Crippen LogP contribution >= 0.6 is 10.6 Å². The molecule has 1 aromatic carbocycles. The van der Waals surface area contributed by atoms with Gasteiger partial charge in [0, 0.05) is 25.3 Å². The standard InChI is InChI=1S/C13H22N2O4S2/c1-2-21(18,19)14-13-5-3-4-12(10-13)11-15-6-8-20(16,17)9-7-15/h3-5,10,14,16-17H,2,6-9,11H2,1H3. The smallest absolute Gasteiger partial charge is 0.232 e. The van der Waals surface area contributed by atoms with Crippen LogP contribution in [-0.4, -0.2) is 52.8 Å². The summed E-state index contributed by atoms with van der Waals surface area (Å²) in [5, 5.41) is 0. The number of hydrogen-bond donors (Lipinski definition) is 3. The molecule has 0 unspecified atom stereocenters. The fourth-order valence-electron chi connectivity index (χ4n) is 2.17. The molecule has 1 aromatic rings. The Balaban J connectivity index is 1.99. The highest BCUT2D eigenvalue weighted by atomic mass is 32.3. The number of rotatable bonds is 5. The minimum atomic E-state index is -3.26. The maximum atomic E-state index is 11.6. The van der Waals surface area contributed by atoms with Gasteiger partial charge in [-0.25, -0.2) is 8.42 Å². The van der Waals surface area contributed by atoms with Gasteiger partial charge in [-0.15, -0.1) is 0 Å². The van der Waals surface area contributed by atoms with Crippen molar-refractivity contribution < 1.29 is 17.5 Å². The maximum absolute atomic E-state index is 11.6. The number of benzene rings is 1. The van der Waals surface area contributed by atoms with Gasteiger partial charge >= 0.3 is 0 Å². The zero-order valence-electron chi connectivity index (χ0n) is 12.0. The van der Waals surface area contributed by atoms with Crippen LogP contribution in [0.3, 0.4) is 0 Å². The fourth-order valence-corrected chi connectivity index (χ4v) is 4.10. The van der Waals surface area contributed by atoms with Crippen LogP contribution < -0.4 is 4.72 Å². The Morgan fingerprint density at radius 1 is 1.29 bits per heavy atom. The van der Waals surface area contributed by atoms with Crippen LogP contribution in [-0.2, 0) is 16.6 Å². The van der Waals surface area contributed by atoms with Crippen molar-refractivity contribution in [3.8, 4) is 0 Å². The molecular formula is C13H22N2O4S2. The van der Waals surface area contributed by atoms with Gasteiger partial charge in [0.1, 0.15) is 0 Å². The number of anilines is 1. The topological polar surface area (TPSA) is 89.9 Å². The Morgan fingerprint density at radius 2 is 1.95 bits per heavy atom. The minimum absolute atomic E-state index is 0.0429. The van der Waals surface area contributed by atoms with Crippen molar-refractivity contribution in [1.29, 1.82) is 0 Å². The lowest BCUT2D eigenvalue weighted by atomic mass is 10.2. The van der Waals surface area contributed by atoms with Crippen molar-refractivity contribution in [3.63, 3.8) is 0 Å². The Bertz CT molecular complexity index is 580. The van der Waals surface area contributed by atoms with Crippen molar-refractivity contribution in [2.24, 2.45) is 0 Å². The van der Waals surface area contributed by atoms with E-state index < -0.39 is 20.6 Å². The van der Waals surface area contributed by atoms with Crippen molar-refractivity contribution in [2.45, 2.75) is 13.5 Å². The van der Waals surface area contributed by atoms with E-state index in [1.54, 1.807) is 13.0 Å². The third-order valence-electron chi connectivity index (χ3n) is 3.46. The molecule has 8 heteroatoms. The lowest BCUT2D eigenvalue weighted by molar-refractivity contribution is 0.278. The van der Waals surface area contributed by atoms with Gasteiger partial charge in [-0.1, -0.05) is 12.1 Å². The quantitative estimate of drug-likeness (QED) is 0.766. The molecule has 21 heavy (non-hydrogen) atoms. The second kappa shape index (κ2) is 6.53. The summed E-state index contributed by atoms with van der Waals surface area (Å²) in [5.74, 6) is 0.867. The highest BCUT2D eigenvalue weighted by molar-refractivity contribution is 8.24. The first-order chi connectivity index (χ1) is 9.80. The molecular weight excluding hydrogens is 312 g/mol. The van der Waals surface area contributed by atoms with E-state index in [1.807, 2.05) is 18.2 Å². The predicted molar refractivity (Wildman–Crippen MR) is 87.4 cm³/mol. The first-order valence-electron chi connectivity index (χ1n) is 6.85. The van der Waals surface area contributed by atoms with Gasteiger partial charge in [0.15, 0.2) is 0 Å². The predicted octanol–water partition coefficient (Wildman–Crippen LogP) is 2.01. The minimum Gasteiger partial charge on any atom is -0.299 e. The Kier molecular flexibility index (Phi) is 5.15. The summed E-state index contributed by atoms with van der Waals surface area (Å²) in [6.07, 6.45) is 0. The molecule has 3 N–H and O–H groups in total. The molecule has 0 aromatic heterocycles. The molecule has 1 heterocycles. The van der Waals surface area contributed by atoms with E-state index in [1.165, 1.54) is 0 Å². The van der Waals surface area contributed by atoms with Crippen LogP contribution in [0.5, 0.6) is 0 Å². The molecule has 0 amide bonds. The number of sulfonamides is 1. The molecule has 0 radical (unpaired) electrons. The van der Waals surface area contributed by atoms with Gasteiger partial charge in [0.2, 0.25) is 10.0 Å². The van der Waals surface area contributed by atoms with Crippen LogP contribution in [0.2, 0.25) is 0 Å². The second-order valence-electron chi connectivity index (χ2n) is 5.19. The van der Waals surface area contributed by atoms with Gasteiger partial charge in [0.05, 0.1) is 17.3 Å². The summed E-state index contributed by atoms with van der Waals surface area (Å²) in [6, 6.07) is 7.31. The Labute approximate surface area is 127 Å². The Hall–Kier alpha value is -0.800. The number of hydrogen-bond acceptors (Lipinski definition) is 5. The summed E-state index contributed by atoms with van der Waals surface area (Å²) in [5.41, 5.74) is 1.57. The second-order valence-corrected chi connectivity index (χ2v) is 9.62. The molecule has 0 saturated carbocycles. The van der Waals surface area contributed by atoms with Crippen molar-refractivity contribution in [2.75, 3.05) is 35.1 Å². The van der Waals surface area contributed by atoms with E-state index in [4.69, 9.17) is 0 Å². The summed E-state index contributed by atoms with van der Waals surface area (Å²) < 4.78 is 44.9. The first kappa shape index (κ1) is 16.6. The highest BCUT2D eigenvalue weighted by Crippen LogP contribution is 2.40. The van der Waals surface area contributed by atoms with E-state index >= 15 is 0 Å². The Morgan fingerprint density at radius 3 is 2.57 bits per heavy atom. The van der Waals surface area contributed by atoms with Crippen LogP contribution in [0.25, 0.3) is 0 Å².